The Morgan fingerprint density at radius 3 is 2.68 bits per heavy atom. The number of hydrogen-bond donors (Lipinski definition) is 2. The third-order valence-electron chi connectivity index (χ3n) is 3.86. The summed E-state index contributed by atoms with van der Waals surface area (Å²) in [6.45, 7) is 6.69. The van der Waals surface area contributed by atoms with Crippen molar-refractivity contribution < 1.29 is 13.9 Å². The fraction of sp³-hybridized carbons (Fsp3) is 0.438. The van der Waals surface area contributed by atoms with E-state index >= 15 is 0 Å². The molecule has 6 heteroatoms. The van der Waals surface area contributed by atoms with Crippen LogP contribution in [0.4, 0.5) is 8.78 Å². The van der Waals surface area contributed by atoms with E-state index in [0.717, 1.165) is 23.0 Å². The first-order valence-corrected chi connectivity index (χ1v) is 7.26. The number of aromatic nitrogens is 2. The van der Waals surface area contributed by atoms with Crippen molar-refractivity contribution in [3.05, 3.63) is 52.3 Å². The van der Waals surface area contributed by atoms with Gasteiger partial charge in [0.1, 0.15) is 11.6 Å². The number of aryl methyl sites for hydroxylation is 1. The van der Waals surface area contributed by atoms with Crippen LogP contribution < -0.4 is 5.32 Å². The molecule has 0 fully saturated rings. The highest BCUT2D eigenvalue weighted by Gasteiger charge is 2.15. The predicted octanol–water partition coefficient (Wildman–Crippen LogP) is 2.62. The molecular weight excluding hydrogens is 288 g/mol. The zero-order chi connectivity index (χ0) is 16.3. The van der Waals surface area contributed by atoms with Gasteiger partial charge < -0.3 is 10.4 Å². The molecule has 2 aromatic rings. The van der Waals surface area contributed by atoms with Crippen LogP contribution in [0.3, 0.4) is 0 Å². The number of aliphatic hydroxyl groups excluding tert-OH is 1. The molecule has 0 aliphatic heterocycles. The van der Waals surface area contributed by atoms with Crippen LogP contribution in [-0.4, -0.2) is 21.5 Å². The highest BCUT2D eigenvalue weighted by molar-refractivity contribution is 5.26. The molecule has 120 valence electrons. The number of nitrogens with one attached hydrogen (secondary N) is 1. The predicted molar refractivity (Wildman–Crippen MR) is 80.4 cm³/mol. The smallest absolute Gasteiger partial charge is 0.130 e. The van der Waals surface area contributed by atoms with E-state index in [1.165, 1.54) is 12.1 Å². The first-order valence-electron chi connectivity index (χ1n) is 7.26. The van der Waals surface area contributed by atoms with Gasteiger partial charge in [0.15, 0.2) is 0 Å². The summed E-state index contributed by atoms with van der Waals surface area (Å²) in [5.41, 5.74) is 3.32. The summed E-state index contributed by atoms with van der Waals surface area (Å²) >= 11 is 0. The molecule has 0 aliphatic rings. The summed E-state index contributed by atoms with van der Waals surface area (Å²) in [5, 5.41) is 16.6. The van der Waals surface area contributed by atoms with Crippen LogP contribution in [0.25, 0.3) is 0 Å². The van der Waals surface area contributed by atoms with E-state index in [1.54, 1.807) is 4.68 Å². The largest absolute Gasteiger partial charge is 0.394 e. The standard InChI is InChI=1S/C16H21F2N3O/c1-10(14-5-4-13(17)8-16(14)18)19-9-15-11(2)20-21(6-7-22)12(15)3/h4-5,8,10,19,22H,6-7,9H2,1-3H3. The van der Waals surface area contributed by atoms with Crippen LogP contribution in [0.15, 0.2) is 18.2 Å². The van der Waals surface area contributed by atoms with Gasteiger partial charge in [-0.25, -0.2) is 8.78 Å². The molecule has 0 spiro atoms. The molecule has 1 heterocycles. The Kier molecular flexibility index (Phi) is 5.26. The van der Waals surface area contributed by atoms with Gasteiger partial charge in [0.25, 0.3) is 0 Å². The SMILES string of the molecule is Cc1nn(CCO)c(C)c1CNC(C)c1ccc(F)cc1F. The quantitative estimate of drug-likeness (QED) is 0.862. The third-order valence-corrected chi connectivity index (χ3v) is 3.86. The molecule has 0 saturated heterocycles. The molecule has 1 aromatic carbocycles. The van der Waals surface area contributed by atoms with Gasteiger partial charge in [-0.3, -0.25) is 4.68 Å². The van der Waals surface area contributed by atoms with E-state index in [4.69, 9.17) is 5.11 Å². The van der Waals surface area contributed by atoms with E-state index in [2.05, 4.69) is 10.4 Å². The Labute approximate surface area is 128 Å². The number of aliphatic hydroxyl groups is 1. The van der Waals surface area contributed by atoms with Crippen LogP contribution in [0.5, 0.6) is 0 Å². The molecule has 0 bridgehead atoms. The van der Waals surface area contributed by atoms with Crippen molar-refractivity contribution in [3.63, 3.8) is 0 Å². The minimum atomic E-state index is -0.578. The molecule has 4 nitrogen and oxygen atoms in total. The third kappa shape index (κ3) is 3.51. The zero-order valence-corrected chi connectivity index (χ0v) is 13.0. The molecule has 1 unspecified atom stereocenters. The van der Waals surface area contributed by atoms with E-state index in [1.807, 2.05) is 20.8 Å². The summed E-state index contributed by atoms with van der Waals surface area (Å²) in [6, 6.07) is 3.35. The number of halogens is 2. The first kappa shape index (κ1) is 16.6. The van der Waals surface area contributed by atoms with Crippen LogP contribution in [0.2, 0.25) is 0 Å². The summed E-state index contributed by atoms with van der Waals surface area (Å²) in [7, 11) is 0. The van der Waals surface area contributed by atoms with E-state index in [-0.39, 0.29) is 12.6 Å². The maximum absolute atomic E-state index is 13.8. The van der Waals surface area contributed by atoms with Crippen LogP contribution in [0.1, 0.15) is 35.5 Å². The molecule has 1 atom stereocenters. The normalized spacial score (nSPS) is 12.6. The molecule has 22 heavy (non-hydrogen) atoms. The average Bonchev–Trinajstić information content (AvgIpc) is 2.71. The van der Waals surface area contributed by atoms with Crippen molar-refractivity contribution in [2.45, 2.75) is 39.9 Å². The van der Waals surface area contributed by atoms with Crippen molar-refractivity contribution in [2.75, 3.05) is 6.61 Å². The number of nitrogens with zero attached hydrogens (tertiary/aromatic N) is 2. The second-order valence-electron chi connectivity index (χ2n) is 5.36. The first-order chi connectivity index (χ1) is 10.4. The summed E-state index contributed by atoms with van der Waals surface area (Å²) in [6.07, 6.45) is 0. The van der Waals surface area contributed by atoms with Crippen LogP contribution in [-0.2, 0) is 13.1 Å². The second kappa shape index (κ2) is 6.98. The lowest BCUT2D eigenvalue weighted by atomic mass is 10.1. The molecule has 2 rings (SSSR count). The minimum Gasteiger partial charge on any atom is -0.394 e. The number of hydrogen-bond acceptors (Lipinski definition) is 3. The van der Waals surface area contributed by atoms with Gasteiger partial charge in [0.2, 0.25) is 0 Å². The van der Waals surface area contributed by atoms with Gasteiger partial charge in [-0.05, 0) is 26.8 Å². The zero-order valence-electron chi connectivity index (χ0n) is 13.0. The lowest BCUT2D eigenvalue weighted by Crippen LogP contribution is -2.20. The Balaban J connectivity index is 2.09. The van der Waals surface area contributed by atoms with Gasteiger partial charge in [0.05, 0.1) is 18.8 Å². The van der Waals surface area contributed by atoms with Gasteiger partial charge in [-0.1, -0.05) is 6.07 Å². The Bertz CT molecular complexity index is 655. The van der Waals surface area contributed by atoms with Crippen molar-refractivity contribution in [1.82, 2.24) is 15.1 Å². The molecule has 0 radical (unpaired) electrons. The second-order valence-corrected chi connectivity index (χ2v) is 5.36. The monoisotopic (exact) mass is 309 g/mol. The van der Waals surface area contributed by atoms with Gasteiger partial charge in [-0.2, -0.15) is 5.10 Å². The maximum atomic E-state index is 13.8. The van der Waals surface area contributed by atoms with E-state index < -0.39 is 11.6 Å². The molecule has 0 aliphatic carbocycles. The van der Waals surface area contributed by atoms with Crippen molar-refractivity contribution in [1.29, 1.82) is 0 Å². The summed E-state index contributed by atoms with van der Waals surface area (Å²) < 4.78 is 28.5. The van der Waals surface area contributed by atoms with Crippen molar-refractivity contribution in [2.24, 2.45) is 0 Å². The van der Waals surface area contributed by atoms with Gasteiger partial charge in [-0.15, -0.1) is 0 Å². The number of benzene rings is 1. The van der Waals surface area contributed by atoms with Crippen molar-refractivity contribution in [3.8, 4) is 0 Å². The average molecular weight is 309 g/mol. The highest BCUT2D eigenvalue weighted by atomic mass is 19.1. The van der Waals surface area contributed by atoms with E-state index in [9.17, 15) is 8.78 Å². The lowest BCUT2D eigenvalue weighted by molar-refractivity contribution is 0.267. The van der Waals surface area contributed by atoms with Crippen LogP contribution >= 0.6 is 0 Å². The molecular formula is C16H21F2N3O. The fourth-order valence-electron chi connectivity index (χ4n) is 2.52. The van der Waals surface area contributed by atoms with Gasteiger partial charge in [0, 0.05) is 35.5 Å². The fourth-order valence-corrected chi connectivity index (χ4v) is 2.52. The maximum Gasteiger partial charge on any atom is 0.130 e. The minimum absolute atomic E-state index is 0.0338. The Morgan fingerprint density at radius 1 is 1.32 bits per heavy atom. The Morgan fingerprint density at radius 2 is 2.05 bits per heavy atom. The number of rotatable bonds is 6. The van der Waals surface area contributed by atoms with Crippen molar-refractivity contribution >= 4 is 0 Å². The highest BCUT2D eigenvalue weighted by Crippen LogP contribution is 2.19. The van der Waals surface area contributed by atoms with Crippen LogP contribution in [0, 0.1) is 25.5 Å². The summed E-state index contributed by atoms with van der Waals surface area (Å²) in [5.74, 6) is -1.13. The van der Waals surface area contributed by atoms with E-state index in [0.29, 0.717) is 18.7 Å². The lowest BCUT2D eigenvalue weighted by Gasteiger charge is -2.15. The molecule has 2 N–H and O–H groups in total. The summed E-state index contributed by atoms with van der Waals surface area (Å²) in [4.78, 5) is 0. The molecule has 0 saturated carbocycles. The van der Waals surface area contributed by atoms with Gasteiger partial charge >= 0.3 is 0 Å². The molecule has 1 aromatic heterocycles. The topological polar surface area (TPSA) is 50.1 Å². The Hall–Kier alpha value is -1.79. The molecule has 0 amide bonds.